The van der Waals surface area contributed by atoms with E-state index in [1.165, 1.54) is 0 Å². The maximum Gasteiger partial charge on any atom is 0.242 e. The number of nitrogens with zero attached hydrogens (tertiary/aromatic N) is 1. The van der Waals surface area contributed by atoms with Gasteiger partial charge in [-0.05, 0) is 38.8 Å². The lowest BCUT2D eigenvalue weighted by molar-refractivity contribution is -0.119. The third-order valence-corrected chi connectivity index (χ3v) is 2.98. The molecule has 1 rings (SSSR count). The smallest absolute Gasteiger partial charge is 0.242 e. The van der Waals surface area contributed by atoms with Crippen molar-refractivity contribution >= 4 is 35.8 Å². The van der Waals surface area contributed by atoms with Crippen LogP contribution in [0.2, 0.25) is 0 Å². The van der Waals surface area contributed by atoms with E-state index in [1.807, 2.05) is 19.9 Å². The summed E-state index contributed by atoms with van der Waals surface area (Å²) in [6, 6.07) is 3.61. The normalized spacial score (nSPS) is 10.8. The number of carbonyl (C=O) groups is 1. The molecule has 24 heavy (non-hydrogen) atoms. The predicted molar refractivity (Wildman–Crippen MR) is 106 cm³/mol. The van der Waals surface area contributed by atoms with Gasteiger partial charge >= 0.3 is 0 Å². The molecule has 138 valence electrons. The van der Waals surface area contributed by atoms with Gasteiger partial charge in [-0.1, -0.05) is 0 Å². The summed E-state index contributed by atoms with van der Waals surface area (Å²) in [6.45, 7) is 7.52. The van der Waals surface area contributed by atoms with Gasteiger partial charge in [-0.3, -0.25) is 4.79 Å². The van der Waals surface area contributed by atoms with Gasteiger partial charge in [0.1, 0.15) is 12.3 Å². The van der Waals surface area contributed by atoms with E-state index in [0.29, 0.717) is 12.5 Å². The Morgan fingerprint density at radius 3 is 2.75 bits per heavy atom. The van der Waals surface area contributed by atoms with Crippen LogP contribution in [0.15, 0.2) is 27.8 Å². The summed E-state index contributed by atoms with van der Waals surface area (Å²) in [5.74, 6) is 1.23. The van der Waals surface area contributed by atoms with E-state index in [0.717, 1.165) is 44.9 Å². The number of furan rings is 1. The molecule has 0 aromatic carbocycles. The summed E-state index contributed by atoms with van der Waals surface area (Å²) in [5.41, 5.74) is 0. The average Bonchev–Trinajstić information content (AvgIpc) is 3.07. The van der Waals surface area contributed by atoms with Crippen LogP contribution >= 0.6 is 24.0 Å². The third-order valence-electron chi connectivity index (χ3n) is 2.98. The molecule has 0 saturated carbocycles. The molecule has 1 aromatic rings. The van der Waals surface area contributed by atoms with Crippen LogP contribution in [0, 0.1) is 0 Å². The molecule has 1 amide bonds. The number of ether oxygens (including phenoxy) is 1. The van der Waals surface area contributed by atoms with Crippen LogP contribution in [0.3, 0.4) is 0 Å². The van der Waals surface area contributed by atoms with E-state index in [9.17, 15) is 4.79 Å². The van der Waals surface area contributed by atoms with Crippen molar-refractivity contribution in [3.8, 4) is 0 Å². The minimum absolute atomic E-state index is 0. The topological polar surface area (TPSA) is 87.9 Å². The number of hydrogen-bond acceptors (Lipinski definition) is 4. The molecule has 0 aliphatic rings. The van der Waals surface area contributed by atoms with Gasteiger partial charge in [-0.2, -0.15) is 0 Å². The Labute approximate surface area is 161 Å². The van der Waals surface area contributed by atoms with E-state index in [-0.39, 0.29) is 36.4 Å². The largest absolute Gasteiger partial charge is 0.467 e. The fourth-order valence-electron chi connectivity index (χ4n) is 1.83. The Morgan fingerprint density at radius 1 is 1.25 bits per heavy atom. The van der Waals surface area contributed by atoms with Crippen LogP contribution in [-0.2, 0) is 16.1 Å². The quantitative estimate of drug-likeness (QED) is 0.207. The van der Waals surface area contributed by atoms with Crippen LogP contribution in [0.25, 0.3) is 0 Å². The standard InChI is InChI=1S/C16H28N4O3.HI/c1-3-17-16(18-9-5-6-10-22-4-2)20-13-15(21)19-12-14-8-7-11-23-14;/h7-8,11H,3-6,9-10,12-13H2,1-2H3,(H,19,21)(H2,17,18,20);1H. The van der Waals surface area contributed by atoms with E-state index in [1.54, 1.807) is 12.3 Å². The monoisotopic (exact) mass is 452 g/mol. The number of aliphatic imine (C=N–C) groups is 1. The number of rotatable bonds is 11. The highest BCUT2D eigenvalue weighted by Gasteiger charge is 2.03. The van der Waals surface area contributed by atoms with Gasteiger partial charge in [0.25, 0.3) is 0 Å². The van der Waals surface area contributed by atoms with Gasteiger partial charge in [-0.25, -0.2) is 4.99 Å². The first-order valence-electron chi connectivity index (χ1n) is 8.15. The van der Waals surface area contributed by atoms with Crippen molar-refractivity contribution in [2.45, 2.75) is 33.2 Å². The van der Waals surface area contributed by atoms with Gasteiger partial charge in [0.2, 0.25) is 5.91 Å². The van der Waals surface area contributed by atoms with E-state index in [4.69, 9.17) is 9.15 Å². The highest BCUT2D eigenvalue weighted by atomic mass is 127. The lowest BCUT2D eigenvalue weighted by Gasteiger charge is -2.11. The van der Waals surface area contributed by atoms with Crippen LogP contribution in [0.4, 0.5) is 0 Å². The summed E-state index contributed by atoms with van der Waals surface area (Å²) in [7, 11) is 0. The van der Waals surface area contributed by atoms with Gasteiger partial charge in [0.05, 0.1) is 12.8 Å². The molecule has 1 heterocycles. The number of amides is 1. The van der Waals surface area contributed by atoms with Gasteiger partial charge in [-0.15, -0.1) is 24.0 Å². The predicted octanol–water partition coefficient (Wildman–Crippen LogP) is 1.89. The molecule has 0 aliphatic carbocycles. The van der Waals surface area contributed by atoms with Crippen molar-refractivity contribution in [3.63, 3.8) is 0 Å². The van der Waals surface area contributed by atoms with Crippen LogP contribution in [0.1, 0.15) is 32.4 Å². The number of nitrogens with one attached hydrogen (secondary N) is 3. The second-order valence-corrected chi connectivity index (χ2v) is 4.88. The second-order valence-electron chi connectivity index (χ2n) is 4.88. The molecule has 7 nitrogen and oxygen atoms in total. The molecule has 0 bridgehead atoms. The number of guanidine groups is 1. The molecule has 0 atom stereocenters. The van der Waals surface area contributed by atoms with Crippen LogP contribution < -0.4 is 16.0 Å². The van der Waals surface area contributed by atoms with Crippen molar-refractivity contribution in [2.75, 3.05) is 32.8 Å². The Balaban J connectivity index is 0.00000529. The number of hydrogen-bond donors (Lipinski definition) is 3. The van der Waals surface area contributed by atoms with E-state index in [2.05, 4.69) is 20.9 Å². The number of halogens is 1. The van der Waals surface area contributed by atoms with Crippen molar-refractivity contribution < 1.29 is 13.9 Å². The lowest BCUT2D eigenvalue weighted by Crippen LogP contribution is -2.39. The summed E-state index contributed by atoms with van der Waals surface area (Å²) >= 11 is 0. The van der Waals surface area contributed by atoms with Crippen molar-refractivity contribution in [2.24, 2.45) is 4.99 Å². The van der Waals surface area contributed by atoms with Gasteiger partial charge < -0.3 is 25.1 Å². The molecule has 1 aromatic heterocycles. The Kier molecular flexibility index (Phi) is 14.4. The zero-order chi connectivity index (χ0) is 16.8. The molecule has 0 saturated heterocycles. The highest BCUT2D eigenvalue weighted by Crippen LogP contribution is 1.98. The maximum absolute atomic E-state index is 11.8. The molecule has 3 N–H and O–H groups in total. The second kappa shape index (κ2) is 15.3. The first-order chi connectivity index (χ1) is 11.3. The van der Waals surface area contributed by atoms with E-state index < -0.39 is 0 Å². The van der Waals surface area contributed by atoms with E-state index >= 15 is 0 Å². The van der Waals surface area contributed by atoms with Gasteiger partial charge in [0, 0.05) is 26.3 Å². The molecule has 0 radical (unpaired) electrons. The fourth-order valence-corrected chi connectivity index (χ4v) is 1.83. The minimum Gasteiger partial charge on any atom is -0.467 e. The van der Waals surface area contributed by atoms with Crippen molar-refractivity contribution in [1.82, 2.24) is 16.0 Å². The summed E-state index contributed by atoms with van der Waals surface area (Å²) in [6.07, 6.45) is 3.58. The molecular formula is C16H29IN4O3. The van der Waals surface area contributed by atoms with Gasteiger partial charge in [0.15, 0.2) is 5.96 Å². The average molecular weight is 452 g/mol. The zero-order valence-corrected chi connectivity index (χ0v) is 16.8. The summed E-state index contributed by atoms with van der Waals surface area (Å²) in [5, 5.41) is 9.09. The number of unbranched alkanes of at least 4 members (excludes halogenated alkanes) is 1. The third kappa shape index (κ3) is 11.3. The van der Waals surface area contributed by atoms with Crippen molar-refractivity contribution in [1.29, 1.82) is 0 Å². The lowest BCUT2D eigenvalue weighted by atomic mass is 10.3. The Morgan fingerprint density at radius 2 is 2.08 bits per heavy atom. The first kappa shape index (κ1) is 22.7. The van der Waals surface area contributed by atoms with Crippen molar-refractivity contribution in [3.05, 3.63) is 24.2 Å². The minimum atomic E-state index is -0.144. The SMILES string of the molecule is CCNC(=NCC(=O)NCc1ccco1)NCCCCOCC.I. The molecule has 8 heteroatoms. The molecule has 0 aliphatic heterocycles. The Hall–Kier alpha value is -1.29. The summed E-state index contributed by atoms with van der Waals surface area (Å²) < 4.78 is 10.4. The zero-order valence-electron chi connectivity index (χ0n) is 14.5. The summed E-state index contributed by atoms with van der Waals surface area (Å²) in [4.78, 5) is 16.0. The first-order valence-corrected chi connectivity index (χ1v) is 8.15. The molecule has 0 fully saturated rings. The maximum atomic E-state index is 11.8. The highest BCUT2D eigenvalue weighted by molar-refractivity contribution is 14.0. The Bertz CT molecular complexity index is 452. The van der Waals surface area contributed by atoms with Crippen LogP contribution in [-0.4, -0.2) is 44.7 Å². The number of carbonyl (C=O) groups excluding carboxylic acids is 1. The fraction of sp³-hybridized carbons (Fsp3) is 0.625. The molecule has 0 spiro atoms. The molecular weight excluding hydrogens is 423 g/mol. The van der Waals surface area contributed by atoms with Crippen LogP contribution in [0.5, 0.6) is 0 Å². The molecule has 0 unspecified atom stereocenters.